The molecule has 1 spiro atoms. The fraction of sp³-hybridized carbons (Fsp3) is 0.472. The van der Waals surface area contributed by atoms with E-state index in [1.807, 2.05) is 18.2 Å². The maximum atomic E-state index is 13.9. The zero-order valence-electron chi connectivity index (χ0n) is 25.9. The number of hydrogen-bond donors (Lipinski definition) is 1. The fourth-order valence-electron chi connectivity index (χ4n) is 7.95. The van der Waals surface area contributed by atoms with E-state index in [9.17, 15) is 23.1 Å². The molecule has 11 heteroatoms. The van der Waals surface area contributed by atoms with Crippen LogP contribution >= 0.6 is 0 Å². The first-order valence-corrected chi connectivity index (χ1v) is 16.5. The van der Waals surface area contributed by atoms with Gasteiger partial charge in [0.1, 0.15) is 23.3 Å². The van der Waals surface area contributed by atoms with Crippen LogP contribution in [0.5, 0.6) is 5.75 Å². The van der Waals surface area contributed by atoms with Crippen LogP contribution < -0.4 is 9.64 Å². The van der Waals surface area contributed by atoms with Crippen LogP contribution in [0.2, 0.25) is 0 Å². The van der Waals surface area contributed by atoms with E-state index in [4.69, 9.17) is 14.0 Å². The molecule has 4 aromatic rings. The third kappa shape index (κ3) is 5.83. The molecule has 2 aromatic carbocycles. The molecule has 4 aliphatic rings. The lowest BCUT2D eigenvalue weighted by Crippen LogP contribution is -2.47. The number of ether oxygens (including phenoxy) is 2. The van der Waals surface area contributed by atoms with Gasteiger partial charge in [0, 0.05) is 53.7 Å². The molecule has 2 aliphatic carbocycles. The molecule has 2 aliphatic heterocycles. The zero-order chi connectivity index (χ0) is 32.3. The van der Waals surface area contributed by atoms with Crippen molar-refractivity contribution in [3.63, 3.8) is 0 Å². The quantitative estimate of drug-likeness (QED) is 0.206. The van der Waals surface area contributed by atoms with Crippen LogP contribution in [-0.4, -0.2) is 53.6 Å². The van der Waals surface area contributed by atoms with Gasteiger partial charge in [-0.3, -0.25) is 0 Å². The average molecular weight is 648 g/mol. The lowest BCUT2D eigenvalue weighted by molar-refractivity contribution is -0.137. The molecular formula is C36H36F3N3O5. The number of piperidine rings is 1. The van der Waals surface area contributed by atoms with Crippen molar-refractivity contribution >= 4 is 22.6 Å². The summed E-state index contributed by atoms with van der Waals surface area (Å²) in [5.41, 5.74) is 2.44. The molecule has 47 heavy (non-hydrogen) atoms. The molecule has 8 nitrogen and oxygen atoms in total. The molecule has 0 amide bonds. The third-order valence-corrected chi connectivity index (χ3v) is 10.5. The molecule has 2 saturated heterocycles. The van der Waals surface area contributed by atoms with Gasteiger partial charge < -0.3 is 24.0 Å². The monoisotopic (exact) mass is 647 g/mol. The van der Waals surface area contributed by atoms with Crippen molar-refractivity contribution in [2.24, 2.45) is 11.3 Å². The van der Waals surface area contributed by atoms with Gasteiger partial charge in [-0.1, -0.05) is 23.4 Å². The Balaban J connectivity index is 0.965. The van der Waals surface area contributed by atoms with E-state index in [1.165, 1.54) is 18.2 Å². The van der Waals surface area contributed by atoms with Gasteiger partial charge in [-0.05, 0) is 80.5 Å². The number of fused-ring (bicyclic) bond motifs is 1. The molecule has 0 unspecified atom stereocenters. The molecule has 0 radical (unpaired) electrons. The number of halogens is 3. The molecule has 8 rings (SSSR count). The normalized spacial score (nSPS) is 21.3. The number of hydrogen-bond acceptors (Lipinski definition) is 7. The molecule has 2 aromatic heterocycles. The summed E-state index contributed by atoms with van der Waals surface area (Å²) in [7, 11) is 0. The number of benzene rings is 2. The summed E-state index contributed by atoms with van der Waals surface area (Å²) in [6.45, 7) is 2.86. The lowest BCUT2D eigenvalue weighted by Gasteiger charge is -2.53. The van der Waals surface area contributed by atoms with Crippen LogP contribution in [0.1, 0.15) is 78.2 Å². The summed E-state index contributed by atoms with van der Waals surface area (Å²) in [6, 6.07) is 13.1. The Morgan fingerprint density at radius 1 is 1.06 bits per heavy atom. The molecule has 0 bridgehead atoms. The van der Waals surface area contributed by atoms with E-state index in [0.29, 0.717) is 42.5 Å². The van der Waals surface area contributed by atoms with Gasteiger partial charge in [-0.25, -0.2) is 9.78 Å². The number of carbonyl (C=O) groups is 1. The lowest BCUT2D eigenvalue weighted by atomic mass is 9.56. The number of aromatic carboxylic acids is 1. The zero-order valence-corrected chi connectivity index (χ0v) is 25.9. The first-order valence-electron chi connectivity index (χ1n) is 16.5. The van der Waals surface area contributed by atoms with E-state index in [-0.39, 0.29) is 28.7 Å². The predicted molar refractivity (Wildman–Crippen MR) is 168 cm³/mol. The van der Waals surface area contributed by atoms with Crippen LogP contribution in [0.3, 0.4) is 0 Å². The van der Waals surface area contributed by atoms with Crippen molar-refractivity contribution in [1.82, 2.24) is 10.1 Å². The molecule has 1 atom stereocenters. The highest BCUT2D eigenvalue weighted by Crippen LogP contribution is 2.55. The maximum Gasteiger partial charge on any atom is 0.417 e. The molecule has 4 heterocycles. The minimum absolute atomic E-state index is 0.0502. The Hall–Kier alpha value is -4.12. The van der Waals surface area contributed by atoms with Gasteiger partial charge in [0.05, 0.1) is 24.3 Å². The Labute approximate surface area is 269 Å². The summed E-state index contributed by atoms with van der Waals surface area (Å²) in [4.78, 5) is 18.4. The third-order valence-electron chi connectivity index (χ3n) is 10.5. The van der Waals surface area contributed by atoms with Gasteiger partial charge in [0.2, 0.25) is 0 Å². The highest BCUT2D eigenvalue weighted by atomic mass is 19.4. The number of aromatic nitrogens is 2. The Morgan fingerprint density at radius 2 is 1.85 bits per heavy atom. The van der Waals surface area contributed by atoms with Crippen molar-refractivity contribution in [3.8, 4) is 17.0 Å². The van der Waals surface area contributed by atoms with E-state index in [1.54, 1.807) is 6.07 Å². The van der Waals surface area contributed by atoms with Crippen LogP contribution in [0, 0.1) is 11.3 Å². The summed E-state index contributed by atoms with van der Waals surface area (Å²) in [6.07, 6.45) is 2.96. The summed E-state index contributed by atoms with van der Waals surface area (Å²) in [5.74, 6) is 0.824. The van der Waals surface area contributed by atoms with Crippen molar-refractivity contribution < 1.29 is 37.1 Å². The topological polar surface area (TPSA) is 97.9 Å². The van der Waals surface area contributed by atoms with Gasteiger partial charge in [-0.15, -0.1) is 0 Å². The van der Waals surface area contributed by atoms with E-state index in [0.717, 1.165) is 86.5 Å². The van der Waals surface area contributed by atoms with Gasteiger partial charge >= 0.3 is 12.1 Å². The Kier molecular flexibility index (Phi) is 7.42. The van der Waals surface area contributed by atoms with Crippen molar-refractivity contribution in [2.45, 2.75) is 69.6 Å². The van der Waals surface area contributed by atoms with E-state index < -0.39 is 17.7 Å². The maximum absolute atomic E-state index is 13.9. The van der Waals surface area contributed by atoms with Gasteiger partial charge in [-0.2, -0.15) is 13.2 Å². The average Bonchev–Trinajstić information content (AvgIpc) is 3.59. The summed E-state index contributed by atoms with van der Waals surface area (Å²) in [5, 5.41) is 14.6. The first kappa shape index (κ1) is 30.2. The van der Waals surface area contributed by atoms with Crippen LogP contribution in [-0.2, 0) is 17.3 Å². The van der Waals surface area contributed by atoms with Crippen molar-refractivity contribution in [3.05, 3.63) is 71.1 Å². The molecular weight excluding hydrogens is 611 g/mol. The highest BCUT2D eigenvalue weighted by molar-refractivity contribution is 5.94. The number of anilines is 1. The summed E-state index contributed by atoms with van der Waals surface area (Å²) < 4.78 is 59.1. The molecule has 4 fully saturated rings. The van der Waals surface area contributed by atoms with Crippen molar-refractivity contribution in [2.75, 3.05) is 31.2 Å². The second-order valence-electron chi connectivity index (χ2n) is 13.8. The van der Waals surface area contributed by atoms with Gasteiger partial charge in [0.25, 0.3) is 0 Å². The van der Waals surface area contributed by atoms with Crippen molar-refractivity contribution in [1.29, 1.82) is 0 Å². The predicted octanol–water partition coefficient (Wildman–Crippen LogP) is 7.89. The molecule has 2 saturated carbocycles. The summed E-state index contributed by atoms with van der Waals surface area (Å²) >= 11 is 0. The highest BCUT2D eigenvalue weighted by Gasteiger charge is 2.47. The van der Waals surface area contributed by atoms with E-state index >= 15 is 0 Å². The molecule has 1 N–H and O–H groups in total. The largest absolute Gasteiger partial charge is 0.487 e. The van der Waals surface area contributed by atoms with Crippen LogP contribution in [0.4, 0.5) is 18.9 Å². The van der Waals surface area contributed by atoms with E-state index in [2.05, 4.69) is 15.0 Å². The molecule has 246 valence electrons. The minimum atomic E-state index is -4.47. The number of rotatable bonds is 8. The van der Waals surface area contributed by atoms with Crippen LogP contribution in [0.15, 0.2) is 53.1 Å². The Bertz CT molecular complexity index is 1810. The standard InChI is InChI=1S/C36H36F3N3O5/c37-36(38,39)28-4-2-1-3-25(28)32-27(33(47-41-32)22-5-6-22)15-21-18-35(19-21)10-12-42(13-11-35)23-7-8-29-26(16-23)31(17-30(40-29)34(43)44)46-24-9-14-45-20-24/h1-4,7-8,16-17,21-22,24H,5-6,9-15,18-20H2,(H,43,44)/t24-/m0/s1. The second kappa shape index (κ2) is 11.5. The smallest absolute Gasteiger partial charge is 0.417 e. The first-order chi connectivity index (χ1) is 22.7. The fourth-order valence-corrected chi connectivity index (χ4v) is 7.95. The number of nitrogens with zero attached hydrogens (tertiary/aromatic N) is 3. The number of alkyl halides is 3. The number of carboxylic acid groups (broad SMARTS) is 1. The van der Waals surface area contributed by atoms with Gasteiger partial charge in [0.15, 0.2) is 5.69 Å². The van der Waals surface area contributed by atoms with Crippen LogP contribution in [0.25, 0.3) is 22.2 Å². The second-order valence-corrected chi connectivity index (χ2v) is 13.8. The minimum Gasteiger partial charge on any atom is -0.487 e. The number of carboxylic acids is 1. The Morgan fingerprint density at radius 3 is 2.55 bits per heavy atom. The SMILES string of the molecule is O=C(O)c1cc(O[C@H]2CCOC2)c2cc(N3CCC4(CC3)CC(Cc3c(-c5ccccc5C(F)(F)F)noc3C3CC3)C4)ccc2n1. The number of pyridine rings is 1.